The van der Waals surface area contributed by atoms with Gasteiger partial charge in [-0.25, -0.2) is 4.98 Å². The second-order valence-corrected chi connectivity index (χ2v) is 8.29. The lowest BCUT2D eigenvalue weighted by Gasteiger charge is -2.17. The van der Waals surface area contributed by atoms with Gasteiger partial charge in [-0.05, 0) is 61.9 Å². The summed E-state index contributed by atoms with van der Waals surface area (Å²) in [6.07, 6.45) is 0.331. The molecule has 4 aromatic rings. The number of benzene rings is 3. The van der Waals surface area contributed by atoms with E-state index in [4.69, 9.17) is 9.72 Å². The van der Waals surface area contributed by atoms with Crippen LogP contribution in [0.25, 0.3) is 16.6 Å². The van der Waals surface area contributed by atoms with Crippen molar-refractivity contribution in [3.63, 3.8) is 0 Å². The number of para-hydroxylation sites is 1. The molecule has 1 aliphatic heterocycles. The standard InChI is InChI=1S/C27H25N3O3/c1-4-29-24-14-9-17(2)15-21(24)22(26(29)31)16-25-28-23-8-6-5-7-20(23)27(32)30(25)18-10-12-19(33-3)13-11-18/h5-15,22H,4,16H2,1-3H3/t22-/m0/s1. The van der Waals surface area contributed by atoms with Crippen LogP contribution in [0.5, 0.6) is 5.75 Å². The maximum absolute atomic E-state index is 13.6. The number of carbonyl (C=O) groups is 1. The molecular formula is C27H25N3O3. The number of ether oxygens (including phenoxy) is 1. The zero-order chi connectivity index (χ0) is 23.1. The molecule has 6 heteroatoms. The van der Waals surface area contributed by atoms with E-state index in [-0.39, 0.29) is 11.5 Å². The van der Waals surface area contributed by atoms with E-state index >= 15 is 0 Å². The average Bonchev–Trinajstić information content (AvgIpc) is 3.09. The minimum atomic E-state index is -0.391. The molecule has 1 atom stereocenters. The fraction of sp³-hybridized carbons (Fsp3) is 0.222. The number of aryl methyl sites for hydroxylation is 1. The highest BCUT2D eigenvalue weighted by Crippen LogP contribution is 2.39. The topological polar surface area (TPSA) is 64.4 Å². The molecule has 0 radical (unpaired) electrons. The summed E-state index contributed by atoms with van der Waals surface area (Å²) in [7, 11) is 1.61. The van der Waals surface area contributed by atoms with Crippen LogP contribution >= 0.6 is 0 Å². The maximum Gasteiger partial charge on any atom is 0.265 e. The van der Waals surface area contributed by atoms with E-state index in [2.05, 4.69) is 6.07 Å². The Kier molecular flexibility index (Phi) is 5.21. The summed E-state index contributed by atoms with van der Waals surface area (Å²) < 4.78 is 6.90. The Morgan fingerprint density at radius 3 is 2.48 bits per heavy atom. The molecule has 2 heterocycles. The Hall–Kier alpha value is -3.93. The number of rotatable bonds is 5. The summed E-state index contributed by atoms with van der Waals surface area (Å²) in [6.45, 7) is 4.60. The van der Waals surface area contributed by atoms with Crippen LogP contribution < -0.4 is 15.2 Å². The molecular weight excluding hydrogens is 414 g/mol. The summed E-state index contributed by atoms with van der Waals surface area (Å²) in [5, 5.41) is 0.543. The van der Waals surface area contributed by atoms with Gasteiger partial charge in [-0.2, -0.15) is 0 Å². The first-order valence-corrected chi connectivity index (χ1v) is 11.1. The number of methoxy groups -OCH3 is 1. The third-order valence-corrected chi connectivity index (χ3v) is 6.29. The molecule has 166 valence electrons. The summed E-state index contributed by atoms with van der Waals surface area (Å²) in [4.78, 5) is 33.6. The van der Waals surface area contributed by atoms with Gasteiger partial charge in [-0.15, -0.1) is 0 Å². The molecule has 0 fully saturated rings. The molecule has 1 aliphatic rings. The van der Waals surface area contributed by atoms with Gasteiger partial charge in [0.15, 0.2) is 0 Å². The molecule has 1 amide bonds. The third kappa shape index (κ3) is 3.48. The van der Waals surface area contributed by atoms with Crippen LogP contribution in [-0.2, 0) is 11.2 Å². The molecule has 0 N–H and O–H groups in total. The van der Waals surface area contributed by atoms with Crippen molar-refractivity contribution in [2.75, 3.05) is 18.6 Å². The minimum Gasteiger partial charge on any atom is -0.497 e. The smallest absolute Gasteiger partial charge is 0.265 e. The normalized spacial score (nSPS) is 15.2. The molecule has 33 heavy (non-hydrogen) atoms. The number of amides is 1. The van der Waals surface area contributed by atoms with Gasteiger partial charge in [0.25, 0.3) is 5.56 Å². The number of hydrogen-bond donors (Lipinski definition) is 0. The second kappa shape index (κ2) is 8.20. The average molecular weight is 440 g/mol. The highest BCUT2D eigenvalue weighted by atomic mass is 16.5. The lowest BCUT2D eigenvalue weighted by Crippen LogP contribution is -2.31. The fourth-order valence-electron chi connectivity index (χ4n) is 4.66. The van der Waals surface area contributed by atoms with Crippen LogP contribution in [0.4, 0.5) is 5.69 Å². The summed E-state index contributed by atoms with van der Waals surface area (Å²) in [5.41, 5.74) is 4.20. The van der Waals surface area contributed by atoms with Crippen molar-refractivity contribution in [2.45, 2.75) is 26.2 Å². The number of nitrogens with zero attached hydrogens (tertiary/aromatic N) is 3. The van der Waals surface area contributed by atoms with Crippen LogP contribution in [-0.4, -0.2) is 29.1 Å². The van der Waals surface area contributed by atoms with Crippen molar-refractivity contribution >= 4 is 22.5 Å². The first-order valence-electron chi connectivity index (χ1n) is 11.1. The first-order chi connectivity index (χ1) is 16.0. The van der Waals surface area contributed by atoms with E-state index in [9.17, 15) is 9.59 Å². The summed E-state index contributed by atoms with van der Waals surface area (Å²) >= 11 is 0. The van der Waals surface area contributed by atoms with Gasteiger partial charge in [-0.3, -0.25) is 14.2 Å². The van der Waals surface area contributed by atoms with Crippen molar-refractivity contribution < 1.29 is 9.53 Å². The highest BCUT2D eigenvalue weighted by Gasteiger charge is 2.37. The Bertz CT molecular complexity index is 1420. The molecule has 1 aromatic heterocycles. The zero-order valence-corrected chi connectivity index (χ0v) is 18.9. The Balaban J connectivity index is 1.69. The van der Waals surface area contributed by atoms with Crippen LogP contribution in [0.1, 0.15) is 29.8 Å². The Labute approximate surface area is 192 Å². The van der Waals surface area contributed by atoms with Crippen molar-refractivity contribution in [3.8, 4) is 11.4 Å². The van der Waals surface area contributed by atoms with Gasteiger partial charge in [0.05, 0.1) is 29.6 Å². The summed E-state index contributed by atoms with van der Waals surface area (Å²) in [6, 6.07) is 20.8. The zero-order valence-electron chi connectivity index (χ0n) is 18.9. The van der Waals surface area contributed by atoms with E-state index in [1.165, 1.54) is 0 Å². The van der Waals surface area contributed by atoms with Gasteiger partial charge in [0.2, 0.25) is 5.91 Å². The molecule has 6 nitrogen and oxygen atoms in total. The SMILES string of the molecule is CCN1C(=O)[C@@H](Cc2nc3ccccc3c(=O)n2-c2ccc(OC)cc2)c2cc(C)ccc21. The van der Waals surface area contributed by atoms with E-state index < -0.39 is 5.92 Å². The van der Waals surface area contributed by atoms with Crippen LogP contribution in [0.2, 0.25) is 0 Å². The summed E-state index contributed by atoms with van der Waals surface area (Å²) in [5.74, 6) is 0.919. The van der Waals surface area contributed by atoms with Gasteiger partial charge in [0.1, 0.15) is 11.6 Å². The highest BCUT2D eigenvalue weighted by molar-refractivity contribution is 6.05. The Morgan fingerprint density at radius 2 is 1.76 bits per heavy atom. The lowest BCUT2D eigenvalue weighted by molar-refractivity contribution is -0.119. The number of aromatic nitrogens is 2. The fourth-order valence-corrected chi connectivity index (χ4v) is 4.66. The number of carbonyl (C=O) groups excluding carboxylic acids is 1. The number of hydrogen-bond acceptors (Lipinski definition) is 4. The van der Waals surface area contributed by atoms with Crippen molar-refractivity contribution in [3.05, 3.63) is 94.0 Å². The molecule has 3 aromatic carbocycles. The largest absolute Gasteiger partial charge is 0.497 e. The van der Waals surface area contributed by atoms with Crippen molar-refractivity contribution in [1.82, 2.24) is 9.55 Å². The third-order valence-electron chi connectivity index (χ3n) is 6.29. The van der Waals surface area contributed by atoms with E-state index in [1.807, 2.05) is 73.3 Å². The second-order valence-electron chi connectivity index (χ2n) is 8.29. The Morgan fingerprint density at radius 1 is 1.00 bits per heavy atom. The number of fused-ring (bicyclic) bond motifs is 2. The molecule has 0 aliphatic carbocycles. The van der Waals surface area contributed by atoms with Crippen LogP contribution in [0.15, 0.2) is 71.5 Å². The van der Waals surface area contributed by atoms with Gasteiger partial charge in [-0.1, -0.05) is 29.8 Å². The first kappa shape index (κ1) is 20.9. The van der Waals surface area contributed by atoms with Crippen LogP contribution in [0, 0.1) is 6.92 Å². The molecule has 0 unspecified atom stereocenters. The van der Waals surface area contributed by atoms with Gasteiger partial charge in [0, 0.05) is 18.7 Å². The van der Waals surface area contributed by atoms with Gasteiger partial charge < -0.3 is 9.64 Å². The monoisotopic (exact) mass is 439 g/mol. The van der Waals surface area contributed by atoms with Crippen molar-refractivity contribution in [1.29, 1.82) is 0 Å². The quantitative estimate of drug-likeness (QED) is 0.463. The number of anilines is 1. The predicted octanol–water partition coefficient (Wildman–Crippen LogP) is 4.40. The van der Waals surface area contributed by atoms with E-state index in [0.29, 0.717) is 41.1 Å². The predicted molar refractivity (Wildman–Crippen MR) is 130 cm³/mol. The van der Waals surface area contributed by atoms with Crippen molar-refractivity contribution in [2.24, 2.45) is 0 Å². The lowest BCUT2D eigenvalue weighted by atomic mass is 9.95. The maximum atomic E-state index is 13.6. The van der Waals surface area contributed by atoms with Gasteiger partial charge >= 0.3 is 0 Å². The van der Waals surface area contributed by atoms with Crippen LogP contribution in [0.3, 0.4) is 0 Å². The number of likely N-dealkylation sites (N-methyl/N-ethyl adjacent to an activating group) is 1. The van der Waals surface area contributed by atoms with E-state index in [0.717, 1.165) is 16.8 Å². The molecule has 0 saturated carbocycles. The molecule has 0 bridgehead atoms. The molecule has 0 saturated heterocycles. The van der Waals surface area contributed by atoms with E-state index in [1.54, 1.807) is 17.7 Å². The minimum absolute atomic E-state index is 0.0433. The molecule has 5 rings (SSSR count). The molecule has 0 spiro atoms.